The average molecular weight is 346 g/mol. The summed E-state index contributed by atoms with van der Waals surface area (Å²) in [5, 5.41) is 6.25. The first-order chi connectivity index (χ1) is 9.74. The summed E-state index contributed by atoms with van der Waals surface area (Å²) in [6.45, 7) is 5.99. The van der Waals surface area contributed by atoms with Gasteiger partial charge in [-0.05, 0) is 36.5 Å². The summed E-state index contributed by atoms with van der Waals surface area (Å²) in [6.07, 6.45) is 2.70. The summed E-state index contributed by atoms with van der Waals surface area (Å²) in [7, 11) is 0. The van der Waals surface area contributed by atoms with Crippen LogP contribution in [0.4, 0.5) is 5.69 Å². The Balaban J connectivity index is 0.00000121. The fraction of sp³-hybridized carbons (Fsp3) is 0.562. The van der Waals surface area contributed by atoms with Crippen LogP contribution in [0.2, 0.25) is 0 Å². The van der Waals surface area contributed by atoms with Gasteiger partial charge in [0, 0.05) is 44.8 Å². The minimum absolute atomic E-state index is 0. The van der Waals surface area contributed by atoms with Crippen LogP contribution in [0, 0.1) is 5.92 Å². The lowest BCUT2D eigenvalue weighted by Crippen LogP contribution is -2.45. The van der Waals surface area contributed by atoms with Gasteiger partial charge in [0.2, 0.25) is 5.91 Å². The van der Waals surface area contributed by atoms with E-state index >= 15 is 0 Å². The maximum Gasteiger partial charge on any atom is 0.221 e. The Labute approximate surface area is 144 Å². The van der Waals surface area contributed by atoms with E-state index < -0.39 is 0 Å². The van der Waals surface area contributed by atoms with Gasteiger partial charge in [-0.3, -0.25) is 9.69 Å². The van der Waals surface area contributed by atoms with Gasteiger partial charge in [-0.15, -0.1) is 24.8 Å². The number of amides is 1. The van der Waals surface area contributed by atoms with Crippen LogP contribution in [0.25, 0.3) is 0 Å². The van der Waals surface area contributed by atoms with Crippen molar-refractivity contribution in [2.75, 3.05) is 31.5 Å². The first-order valence-electron chi connectivity index (χ1n) is 7.56. The highest BCUT2D eigenvalue weighted by atomic mass is 35.5. The van der Waals surface area contributed by atoms with E-state index in [1.807, 2.05) is 12.1 Å². The number of nitrogens with one attached hydrogen (secondary N) is 2. The van der Waals surface area contributed by atoms with Gasteiger partial charge in [-0.2, -0.15) is 0 Å². The standard InChI is InChI=1S/C16H23N3O.2ClH/c1-12(20)18-15-6-4-14(5-7-15)16(13-2-3-13)19-10-8-17-9-11-19;;/h4-7,13,16-17H,2-3,8-11H2,1H3,(H,18,20);2*1H/t16-;;/m0../s1. The predicted octanol–water partition coefficient (Wildman–Crippen LogP) is 2.84. The number of hydrogen-bond acceptors (Lipinski definition) is 3. The Hall–Kier alpha value is -0.810. The lowest BCUT2D eigenvalue weighted by molar-refractivity contribution is -0.114. The molecule has 1 amide bonds. The van der Waals surface area contributed by atoms with Gasteiger partial charge in [0.15, 0.2) is 0 Å². The fourth-order valence-corrected chi connectivity index (χ4v) is 3.12. The summed E-state index contributed by atoms with van der Waals surface area (Å²) in [5.41, 5.74) is 2.28. The Morgan fingerprint density at radius 2 is 1.77 bits per heavy atom. The van der Waals surface area contributed by atoms with Crippen LogP contribution < -0.4 is 10.6 Å². The number of carbonyl (C=O) groups excluding carboxylic acids is 1. The zero-order valence-corrected chi connectivity index (χ0v) is 14.5. The van der Waals surface area contributed by atoms with Crippen molar-refractivity contribution in [3.05, 3.63) is 29.8 Å². The maximum atomic E-state index is 11.1. The van der Waals surface area contributed by atoms with Crippen LogP contribution in [0.1, 0.15) is 31.4 Å². The minimum Gasteiger partial charge on any atom is -0.326 e. The highest BCUT2D eigenvalue weighted by molar-refractivity contribution is 5.88. The van der Waals surface area contributed by atoms with Crippen molar-refractivity contribution in [1.82, 2.24) is 10.2 Å². The number of rotatable bonds is 4. The van der Waals surface area contributed by atoms with E-state index in [0.717, 1.165) is 37.8 Å². The van der Waals surface area contributed by atoms with E-state index in [9.17, 15) is 4.79 Å². The molecule has 4 nitrogen and oxygen atoms in total. The summed E-state index contributed by atoms with van der Waals surface area (Å²) < 4.78 is 0. The summed E-state index contributed by atoms with van der Waals surface area (Å²) in [6, 6.07) is 8.96. The van der Waals surface area contributed by atoms with Crippen molar-refractivity contribution in [3.8, 4) is 0 Å². The SMILES string of the molecule is CC(=O)Nc1ccc([C@H](C2CC2)N2CCNCC2)cc1.Cl.Cl. The quantitative estimate of drug-likeness (QED) is 0.881. The Bertz CT molecular complexity index is 471. The number of carbonyl (C=O) groups is 1. The monoisotopic (exact) mass is 345 g/mol. The van der Waals surface area contributed by atoms with E-state index in [4.69, 9.17) is 0 Å². The second-order valence-corrected chi connectivity index (χ2v) is 5.87. The first-order valence-corrected chi connectivity index (χ1v) is 7.56. The van der Waals surface area contributed by atoms with Crippen molar-refractivity contribution < 1.29 is 4.79 Å². The van der Waals surface area contributed by atoms with Gasteiger partial charge in [0.1, 0.15) is 0 Å². The highest BCUT2D eigenvalue weighted by Gasteiger charge is 2.36. The Morgan fingerprint density at radius 1 is 1.18 bits per heavy atom. The fourth-order valence-electron chi connectivity index (χ4n) is 3.12. The third-order valence-corrected chi connectivity index (χ3v) is 4.19. The molecule has 2 fully saturated rings. The second kappa shape index (κ2) is 8.73. The summed E-state index contributed by atoms with van der Waals surface area (Å²) in [5.74, 6) is 0.804. The molecule has 1 aromatic rings. The van der Waals surface area contributed by atoms with Crippen LogP contribution in [-0.2, 0) is 4.79 Å². The summed E-state index contributed by atoms with van der Waals surface area (Å²) in [4.78, 5) is 13.7. The predicted molar refractivity (Wildman–Crippen MR) is 95.1 cm³/mol. The molecular formula is C16H25Cl2N3O. The molecular weight excluding hydrogens is 321 g/mol. The highest BCUT2D eigenvalue weighted by Crippen LogP contribution is 2.44. The third kappa shape index (κ3) is 4.85. The third-order valence-electron chi connectivity index (χ3n) is 4.19. The van der Waals surface area contributed by atoms with E-state index in [2.05, 4.69) is 27.7 Å². The lowest BCUT2D eigenvalue weighted by atomic mass is 9.99. The van der Waals surface area contributed by atoms with Gasteiger partial charge in [0.25, 0.3) is 0 Å². The largest absolute Gasteiger partial charge is 0.326 e. The van der Waals surface area contributed by atoms with Crippen LogP contribution in [0.3, 0.4) is 0 Å². The van der Waals surface area contributed by atoms with Crippen molar-refractivity contribution >= 4 is 36.4 Å². The van der Waals surface area contributed by atoms with Gasteiger partial charge in [-0.1, -0.05) is 12.1 Å². The molecule has 3 rings (SSSR count). The number of benzene rings is 1. The van der Waals surface area contributed by atoms with Gasteiger partial charge >= 0.3 is 0 Å². The van der Waals surface area contributed by atoms with Gasteiger partial charge in [0.05, 0.1) is 0 Å². The molecule has 0 bridgehead atoms. The van der Waals surface area contributed by atoms with E-state index in [1.54, 1.807) is 6.92 Å². The van der Waals surface area contributed by atoms with Gasteiger partial charge < -0.3 is 10.6 Å². The molecule has 124 valence electrons. The van der Waals surface area contributed by atoms with E-state index in [0.29, 0.717) is 6.04 Å². The first kappa shape index (κ1) is 19.2. The van der Waals surface area contributed by atoms with Crippen molar-refractivity contribution in [3.63, 3.8) is 0 Å². The van der Waals surface area contributed by atoms with Crippen molar-refractivity contribution in [1.29, 1.82) is 0 Å². The molecule has 1 atom stereocenters. The average Bonchev–Trinajstić information content (AvgIpc) is 3.26. The number of piperazine rings is 1. The van der Waals surface area contributed by atoms with Gasteiger partial charge in [-0.25, -0.2) is 0 Å². The zero-order chi connectivity index (χ0) is 13.9. The molecule has 1 aliphatic heterocycles. The molecule has 0 unspecified atom stereocenters. The molecule has 0 radical (unpaired) electrons. The number of nitrogens with zero attached hydrogens (tertiary/aromatic N) is 1. The number of hydrogen-bond donors (Lipinski definition) is 2. The minimum atomic E-state index is -0.0152. The molecule has 1 saturated carbocycles. The maximum absolute atomic E-state index is 11.1. The molecule has 0 aromatic heterocycles. The van der Waals surface area contributed by atoms with E-state index in [-0.39, 0.29) is 30.7 Å². The van der Waals surface area contributed by atoms with Crippen LogP contribution >= 0.6 is 24.8 Å². The smallest absolute Gasteiger partial charge is 0.221 e. The summed E-state index contributed by atoms with van der Waals surface area (Å²) >= 11 is 0. The van der Waals surface area contributed by atoms with Crippen LogP contribution in [0.15, 0.2) is 24.3 Å². The molecule has 22 heavy (non-hydrogen) atoms. The number of halogens is 2. The van der Waals surface area contributed by atoms with Crippen molar-refractivity contribution in [2.45, 2.75) is 25.8 Å². The molecule has 1 aliphatic carbocycles. The lowest BCUT2D eigenvalue weighted by Gasteiger charge is -2.35. The normalized spacial score (nSPS) is 19.5. The second-order valence-electron chi connectivity index (χ2n) is 5.87. The Morgan fingerprint density at radius 3 is 2.27 bits per heavy atom. The van der Waals surface area contributed by atoms with Crippen LogP contribution in [-0.4, -0.2) is 37.0 Å². The Kier molecular flexibility index (Phi) is 7.63. The molecule has 1 saturated heterocycles. The topological polar surface area (TPSA) is 44.4 Å². The number of anilines is 1. The molecule has 6 heteroatoms. The zero-order valence-electron chi connectivity index (χ0n) is 12.9. The van der Waals surface area contributed by atoms with E-state index in [1.165, 1.54) is 18.4 Å². The molecule has 1 heterocycles. The molecule has 0 spiro atoms. The molecule has 2 aliphatic rings. The van der Waals surface area contributed by atoms with Crippen LogP contribution in [0.5, 0.6) is 0 Å². The van der Waals surface area contributed by atoms with Crippen molar-refractivity contribution in [2.24, 2.45) is 5.92 Å². The molecule has 2 N–H and O–H groups in total. The molecule has 1 aromatic carbocycles.